The SMILES string of the molecule is COc1cc(CCO[C@@H]2O[C@H](CO)[C@@H](O)[C@H](O[C@@H]3O[C@H](C)[C@@H](O)[C@H](O)[C@H]3O)[C@H]2O)ccc1O. The summed E-state index contributed by atoms with van der Waals surface area (Å²) in [6.07, 6.45) is -13.4. The van der Waals surface area contributed by atoms with Crippen LogP contribution in [-0.4, -0.2) is 117 Å². The van der Waals surface area contributed by atoms with E-state index in [2.05, 4.69) is 0 Å². The molecule has 0 saturated carbocycles. The summed E-state index contributed by atoms with van der Waals surface area (Å²) < 4.78 is 27.1. The third-order valence-electron chi connectivity index (χ3n) is 5.84. The summed E-state index contributed by atoms with van der Waals surface area (Å²) >= 11 is 0. The first-order valence-electron chi connectivity index (χ1n) is 10.6. The first-order chi connectivity index (χ1) is 15.7. The van der Waals surface area contributed by atoms with Crippen LogP contribution in [-0.2, 0) is 25.4 Å². The van der Waals surface area contributed by atoms with Crippen LogP contribution in [0.5, 0.6) is 11.5 Å². The van der Waals surface area contributed by atoms with Crippen molar-refractivity contribution in [3.63, 3.8) is 0 Å². The predicted molar refractivity (Wildman–Crippen MR) is 109 cm³/mol. The van der Waals surface area contributed by atoms with E-state index >= 15 is 0 Å². The molecule has 188 valence electrons. The lowest BCUT2D eigenvalue weighted by molar-refractivity contribution is -0.357. The fourth-order valence-electron chi connectivity index (χ4n) is 3.80. The highest BCUT2D eigenvalue weighted by atomic mass is 16.7. The highest BCUT2D eigenvalue weighted by molar-refractivity contribution is 5.41. The van der Waals surface area contributed by atoms with Crippen molar-refractivity contribution < 1.29 is 59.4 Å². The Morgan fingerprint density at radius 1 is 0.909 bits per heavy atom. The van der Waals surface area contributed by atoms with E-state index in [9.17, 15) is 35.7 Å². The average Bonchev–Trinajstić information content (AvgIpc) is 2.80. The van der Waals surface area contributed by atoms with E-state index < -0.39 is 68.0 Å². The zero-order chi connectivity index (χ0) is 24.3. The molecule has 2 saturated heterocycles. The lowest BCUT2D eigenvalue weighted by Crippen LogP contribution is -2.64. The van der Waals surface area contributed by atoms with E-state index in [0.717, 1.165) is 5.56 Å². The van der Waals surface area contributed by atoms with Crippen LogP contribution in [0.4, 0.5) is 0 Å². The first kappa shape index (κ1) is 26.0. The minimum Gasteiger partial charge on any atom is -0.504 e. The second kappa shape index (κ2) is 11.2. The Kier molecular flexibility index (Phi) is 8.86. The molecule has 0 aromatic heterocycles. The molecule has 3 rings (SSSR count). The standard InChI is InChI=1S/C21H32O12/c1-9-14(24)16(26)17(27)21(31-9)33-19-15(25)13(8-22)32-20(18(19)28)30-6-5-10-3-4-11(23)12(7-10)29-2/h3-4,7,9,13-28H,5-6,8H2,1-2H3/t9-,13-,14-,15-,16+,17-,18-,19+,20-,21+/m1/s1. The lowest BCUT2D eigenvalue weighted by Gasteiger charge is -2.45. The Bertz CT molecular complexity index is 763. The van der Waals surface area contributed by atoms with Gasteiger partial charge >= 0.3 is 0 Å². The van der Waals surface area contributed by atoms with Crippen LogP contribution in [0.25, 0.3) is 0 Å². The molecule has 2 heterocycles. The smallest absolute Gasteiger partial charge is 0.187 e. The van der Waals surface area contributed by atoms with Gasteiger partial charge in [0.2, 0.25) is 0 Å². The Balaban J connectivity index is 1.64. The minimum absolute atomic E-state index is 0.00737. The Morgan fingerprint density at radius 3 is 2.30 bits per heavy atom. The van der Waals surface area contributed by atoms with Gasteiger partial charge in [-0.1, -0.05) is 6.07 Å². The van der Waals surface area contributed by atoms with Gasteiger partial charge in [-0.25, -0.2) is 0 Å². The summed E-state index contributed by atoms with van der Waals surface area (Å²) in [5.41, 5.74) is 0.779. The molecular weight excluding hydrogens is 444 g/mol. The Morgan fingerprint density at radius 2 is 1.64 bits per heavy atom. The van der Waals surface area contributed by atoms with Crippen LogP contribution >= 0.6 is 0 Å². The number of benzene rings is 1. The van der Waals surface area contributed by atoms with Crippen LogP contribution in [0.3, 0.4) is 0 Å². The molecule has 0 unspecified atom stereocenters. The summed E-state index contributed by atoms with van der Waals surface area (Å²) in [6, 6.07) is 4.78. The van der Waals surface area contributed by atoms with E-state index in [1.807, 2.05) is 0 Å². The number of aromatic hydroxyl groups is 1. The maximum Gasteiger partial charge on any atom is 0.187 e. The Hall–Kier alpha value is -1.58. The maximum atomic E-state index is 10.7. The number of aliphatic hydroxyl groups excluding tert-OH is 6. The number of phenols is 1. The molecule has 0 spiro atoms. The molecule has 7 N–H and O–H groups in total. The fraction of sp³-hybridized carbons (Fsp3) is 0.714. The summed E-state index contributed by atoms with van der Waals surface area (Å²) in [5, 5.41) is 70.4. The van der Waals surface area contributed by atoms with Gasteiger partial charge in [0.1, 0.15) is 42.7 Å². The largest absolute Gasteiger partial charge is 0.504 e. The number of ether oxygens (including phenoxy) is 5. The number of aliphatic hydroxyl groups is 6. The third kappa shape index (κ3) is 5.74. The highest BCUT2D eigenvalue weighted by Crippen LogP contribution is 2.30. The molecule has 2 fully saturated rings. The van der Waals surface area contributed by atoms with Crippen LogP contribution < -0.4 is 4.74 Å². The topological polar surface area (TPSA) is 188 Å². The molecule has 12 heteroatoms. The molecule has 2 aliphatic rings. The molecule has 10 atom stereocenters. The van der Waals surface area contributed by atoms with Crippen molar-refractivity contribution in [1.82, 2.24) is 0 Å². The van der Waals surface area contributed by atoms with Crippen molar-refractivity contribution in [2.75, 3.05) is 20.3 Å². The number of methoxy groups -OCH3 is 1. The molecular formula is C21H32O12. The van der Waals surface area contributed by atoms with Gasteiger partial charge in [-0.2, -0.15) is 0 Å². The number of phenolic OH excluding ortho intramolecular Hbond substituents is 1. The second-order valence-corrected chi connectivity index (χ2v) is 8.12. The molecule has 0 aliphatic carbocycles. The predicted octanol–water partition coefficient (Wildman–Crippen LogP) is -2.39. The fourth-order valence-corrected chi connectivity index (χ4v) is 3.80. The first-order valence-corrected chi connectivity index (χ1v) is 10.6. The normalized spacial score (nSPS) is 39.4. The number of hydrogen-bond acceptors (Lipinski definition) is 12. The summed E-state index contributed by atoms with van der Waals surface area (Å²) in [4.78, 5) is 0. The second-order valence-electron chi connectivity index (χ2n) is 8.12. The van der Waals surface area contributed by atoms with Gasteiger partial charge in [0.25, 0.3) is 0 Å². The minimum atomic E-state index is -1.64. The maximum absolute atomic E-state index is 10.7. The van der Waals surface area contributed by atoms with E-state index in [0.29, 0.717) is 12.2 Å². The van der Waals surface area contributed by atoms with Crippen LogP contribution in [0.15, 0.2) is 18.2 Å². The van der Waals surface area contributed by atoms with Gasteiger partial charge in [-0.05, 0) is 31.0 Å². The van der Waals surface area contributed by atoms with E-state index in [-0.39, 0.29) is 12.4 Å². The summed E-state index contributed by atoms with van der Waals surface area (Å²) in [7, 11) is 1.43. The summed E-state index contributed by atoms with van der Waals surface area (Å²) in [6.45, 7) is 0.934. The molecule has 0 amide bonds. The molecule has 0 radical (unpaired) electrons. The van der Waals surface area contributed by atoms with Gasteiger partial charge in [0, 0.05) is 0 Å². The van der Waals surface area contributed by atoms with Gasteiger partial charge in [-0.3, -0.25) is 0 Å². The van der Waals surface area contributed by atoms with Crippen molar-refractivity contribution >= 4 is 0 Å². The average molecular weight is 476 g/mol. The number of rotatable bonds is 8. The van der Waals surface area contributed by atoms with Crippen LogP contribution in [0, 0.1) is 0 Å². The highest BCUT2D eigenvalue weighted by Gasteiger charge is 2.50. The molecule has 1 aromatic carbocycles. The van der Waals surface area contributed by atoms with E-state index in [1.54, 1.807) is 12.1 Å². The molecule has 33 heavy (non-hydrogen) atoms. The summed E-state index contributed by atoms with van der Waals surface area (Å²) in [5.74, 6) is 0.290. The quantitative estimate of drug-likeness (QED) is 0.211. The third-order valence-corrected chi connectivity index (χ3v) is 5.84. The molecule has 0 bridgehead atoms. The van der Waals surface area contributed by atoms with Crippen molar-refractivity contribution in [3.8, 4) is 11.5 Å². The van der Waals surface area contributed by atoms with Gasteiger partial charge in [-0.15, -0.1) is 0 Å². The molecule has 2 aliphatic heterocycles. The zero-order valence-electron chi connectivity index (χ0n) is 18.3. The van der Waals surface area contributed by atoms with Gasteiger partial charge in [0.15, 0.2) is 24.1 Å². The van der Waals surface area contributed by atoms with Gasteiger partial charge in [0.05, 0.1) is 26.4 Å². The van der Waals surface area contributed by atoms with Crippen molar-refractivity contribution in [1.29, 1.82) is 0 Å². The van der Waals surface area contributed by atoms with Gasteiger partial charge < -0.3 is 59.4 Å². The zero-order valence-corrected chi connectivity index (χ0v) is 18.3. The van der Waals surface area contributed by atoms with E-state index in [4.69, 9.17) is 23.7 Å². The lowest BCUT2D eigenvalue weighted by atomic mass is 9.97. The van der Waals surface area contributed by atoms with E-state index in [1.165, 1.54) is 20.1 Å². The van der Waals surface area contributed by atoms with Crippen molar-refractivity contribution in [2.24, 2.45) is 0 Å². The van der Waals surface area contributed by atoms with Crippen LogP contribution in [0.2, 0.25) is 0 Å². The molecule has 12 nitrogen and oxygen atoms in total. The number of hydrogen-bond donors (Lipinski definition) is 7. The van der Waals surface area contributed by atoms with Crippen molar-refractivity contribution in [3.05, 3.63) is 23.8 Å². The van der Waals surface area contributed by atoms with Crippen molar-refractivity contribution in [2.45, 2.75) is 74.8 Å². The monoisotopic (exact) mass is 476 g/mol. The Labute approximate surface area is 190 Å². The van der Waals surface area contributed by atoms with Crippen LogP contribution in [0.1, 0.15) is 12.5 Å². The molecule has 1 aromatic rings.